The van der Waals surface area contributed by atoms with Crippen molar-refractivity contribution in [1.82, 2.24) is 4.98 Å². The van der Waals surface area contributed by atoms with E-state index in [4.69, 9.17) is 23.0 Å². The molecule has 0 spiro atoms. The first-order valence-electron chi connectivity index (χ1n) is 11.5. The number of para-hydroxylation sites is 2. The normalized spacial score (nSPS) is 11.8. The number of aromatic nitrogens is 1. The molecule has 3 rings (SSSR count). The summed E-state index contributed by atoms with van der Waals surface area (Å²) in [5.41, 5.74) is 2.80. The van der Waals surface area contributed by atoms with Gasteiger partial charge in [0.2, 0.25) is 0 Å². The molecule has 0 unspecified atom stereocenters. The highest BCUT2D eigenvalue weighted by atomic mass is 28.4. The molecular formula is C25H33NO5Si. The number of nitrogens with zero attached hydrogens (tertiary/aromatic N) is 1. The van der Waals surface area contributed by atoms with Crippen molar-refractivity contribution in [3.05, 3.63) is 54.1 Å². The molecule has 1 aromatic heterocycles. The van der Waals surface area contributed by atoms with Crippen molar-refractivity contribution in [3.63, 3.8) is 0 Å². The average molecular weight is 456 g/mol. The highest BCUT2D eigenvalue weighted by Gasteiger charge is 2.39. The Morgan fingerprint density at radius 1 is 0.812 bits per heavy atom. The van der Waals surface area contributed by atoms with Gasteiger partial charge < -0.3 is 18.0 Å². The summed E-state index contributed by atoms with van der Waals surface area (Å²) in [6.07, 6.45) is 1.86. The first-order valence-corrected chi connectivity index (χ1v) is 13.4. The van der Waals surface area contributed by atoms with Crippen LogP contribution in [0, 0.1) is 0 Å². The quantitative estimate of drug-likeness (QED) is 0.144. The molecule has 1 heterocycles. The number of hydrogen-bond donors (Lipinski definition) is 0. The number of fused-ring (bicyclic) bond motifs is 2. The molecule has 32 heavy (non-hydrogen) atoms. The predicted molar refractivity (Wildman–Crippen MR) is 128 cm³/mol. The van der Waals surface area contributed by atoms with E-state index in [0.717, 1.165) is 33.8 Å². The Kier molecular flexibility index (Phi) is 9.17. The summed E-state index contributed by atoms with van der Waals surface area (Å²) >= 11 is 0. The number of esters is 1. The van der Waals surface area contributed by atoms with Crippen LogP contribution in [-0.4, -0.2) is 39.6 Å². The van der Waals surface area contributed by atoms with Crippen molar-refractivity contribution in [2.45, 2.75) is 52.7 Å². The third kappa shape index (κ3) is 6.13. The summed E-state index contributed by atoms with van der Waals surface area (Å²) in [5.74, 6) is -0.202. The van der Waals surface area contributed by atoms with Gasteiger partial charge in [0.05, 0.1) is 11.0 Å². The topological polar surface area (TPSA) is 66.9 Å². The monoisotopic (exact) mass is 455 g/mol. The fourth-order valence-corrected chi connectivity index (χ4v) is 6.61. The van der Waals surface area contributed by atoms with Crippen molar-refractivity contribution in [2.24, 2.45) is 0 Å². The smallest absolute Gasteiger partial charge is 0.461 e. The summed E-state index contributed by atoms with van der Waals surface area (Å²) in [6, 6.07) is 16.6. The Hall–Kier alpha value is -2.32. The lowest BCUT2D eigenvalue weighted by atomic mass is 10.0. The maximum absolute atomic E-state index is 12.5. The van der Waals surface area contributed by atoms with Gasteiger partial charge in [0.1, 0.15) is 6.61 Å². The van der Waals surface area contributed by atoms with Gasteiger partial charge >= 0.3 is 14.8 Å². The number of hydrogen-bond acceptors (Lipinski definition) is 6. The first-order chi connectivity index (χ1) is 15.6. The number of carbonyl (C=O) groups is 1. The van der Waals surface area contributed by atoms with Crippen molar-refractivity contribution in [2.75, 3.05) is 19.8 Å². The second-order valence-electron chi connectivity index (χ2n) is 7.47. The molecule has 0 atom stereocenters. The fraction of sp³-hybridized carbons (Fsp3) is 0.440. The minimum atomic E-state index is -2.66. The van der Waals surface area contributed by atoms with E-state index in [2.05, 4.69) is 0 Å². The molecule has 0 saturated carbocycles. The largest absolute Gasteiger partial charge is 0.500 e. The molecule has 3 aromatic rings. The van der Waals surface area contributed by atoms with Gasteiger partial charge in [0.25, 0.3) is 0 Å². The van der Waals surface area contributed by atoms with Crippen molar-refractivity contribution in [1.29, 1.82) is 0 Å². The Morgan fingerprint density at radius 2 is 1.34 bits per heavy atom. The molecule has 172 valence electrons. The van der Waals surface area contributed by atoms with Crippen molar-refractivity contribution < 1.29 is 22.8 Å². The summed E-state index contributed by atoms with van der Waals surface area (Å²) in [6.45, 7) is 7.75. The minimum absolute atomic E-state index is 0.202. The van der Waals surface area contributed by atoms with Crippen LogP contribution >= 0.6 is 0 Å². The third-order valence-corrected chi connectivity index (χ3v) is 8.43. The third-order valence-electron chi connectivity index (χ3n) is 5.28. The average Bonchev–Trinajstić information content (AvgIpc) is 2.80. The van der Waals surface area contributed by atoms with E-state index in [1.165, 1.54) is 0 Å². The number of unbranched alkanes of at least 4 members (excludes halogenated alkanes) is 1. The summed E-state index contributed by atoms with van der Waals surface area (Å²) in [7, 11) is -2.66. The lowest BCUT2D eigenvalue weighted by Crippen LogP contribution is -2.45. The van der Waals surface area contributed by atoms with E-state index < -0.39 is 8.80 Å². The Labute approximate surface area is 191 Å². The second kappa shape index (κ2) is 12.1. The van der Waals surface area contributed by atoms with Gasteiger partial charge in [0.15, 0.2) is 0 Å². The molecule has 0 amide bonds. The molecule has 0 radical (unpaired) electrons. The molecule has 7 heteroatoms. The van der Waals surface area contributed by atoms with Gasteiger partial charge in [-0.05, 0) is 45.7 Å². The lowest BCUT2D eigenvalue weighted by Gasteiger charge is -2.28. The van der Waals surface area contributed by atoms with Gasteiger partial charge in [-0.25, -0.2) is 4.98 Å². The van der Waals surface area contributed by atoms with Crippen LogP contribution in [0.3, 0.4) is 0 Å². The molecule has 0 aliphatic carbocycles. The lowest BCUT2D eigenvalue weighted by molar-refractivity contribution is -0.145. The summed E-state index contributed by atoms with van der Waals surface area (Å²) in [4.78, 5) is 17.2. The van der Waals surface area contributed by atoms with Gasteiger partial charge in [0, 0.05) is 48.6 Å². The highest BCUT2D eigenvalue weighted by molar-refractivity contribution is 6.60. The zero-order valence-corrected chi connectivity index (χ0v) is 20.3. The number of ether oxygens (including phenoxy) is 1. The van der Waals surface area contributed by atoms with Crippen LogP contribution in [0.25, 0.3) is 21.8 Å². The highest BCUT2D eigenvalue weighted by Crippen LogP contribution is 2.27. The van der Waals surface area contributed by atoms with Crippen LogP contribution in [0.5, 0.6) is 0 Å². The van der Waals surface area contributed by atoms with Crippen LogP contribution in [0.2, 0.25) is 6.04 Å². The van der Waals surface area contributed by atoms with Crippen LogP contribution in [0.4, 0.5) is 0 Å². The summed E-state index contributed by atoms with van der Waals surface area (Å²) < 4.78 is 23.3. The Balaban J connectivity index is 1.59. The number of rotatable bonds is 13. The minimum Gasteiger partial charge on any atom is -0.461 e. The van der Waals surface area contributed by atoms with Crippen molar-refractivity contribution >= 4 is 36.6 Å². The molecule has 2 aromatic carbocycles. The molecule has 0 bridgehead atoms. The maximum atomic E-state index is 12.5. The van der Waals surface area contributed by atoms with Gasteiger partial charge in [-0.15, -0.1) is 0 Å². The fourth-order valence-electron chi connectivity index (χ4n) is 3.92. The van der Waals surface area contributed by atoms with Gasteiger partial charge in [-0.1, -0.05) is 36.4 Å². The number of pyridine rings is 1. The van der Waals surface area contributed by atoms with E-state index in [-0.39, 0.29) is 12.6 Å². The van der Waals surface area contributed by atoms with E-state index in [1.54, 1.807) is 0 Å². The molecule has 0 N–H and O–H groups in total. The second-order valence-corrected chi connectivity index (χ2v) is 10.2. The Morgan fingerprint density at radius 3 is 1.88 bits per heavy atom. The SMILES string of the molecule is CCO[Si](CCCCC(=O)OCc1c2ccccc2nc2ccccc12)(OCC)OCC. The van der Waals surface area contributed by atoms with Crippen LogP contribution in [0.15, 0.2) is 48.5 Å². The zero-order valence-electron chi connectivity index (χ0n) is 19.3. The van der Waals surface area contributed by atoms with Gasteiger partial charge in [-0.2, -0.15) is 0 Å². The zero-order chi connectivity index (χ0) is 22.8. The molecule has 0 saturated heterocycles. The number of benzene rings is 2. The van der Waals surface area contributed by atoms with E-state index in [9.17, 15) is 4.79 Å². The maximum Gasteiger partial charge on any atom is 0.500 e. The van der Waals surface area contributed by atoms with Gasteiger partial charge in [-0.3, -0.25) is 4.79 Å². The van der Waals surface area contributed by atoms with Crippen LogP contribution in [-0.2, 0) is 29.4 Å². The Bertz CT molecular complexity index is 955. The number of carbonyl (C=O) groups excluding carboxylic acids is 1. The van der Waals surface area contributed by atoms with Crippen LogP contribution in [0.1, 0.15) is 45.6 Å². The first kappa shape index (κ1) is 24.3. The van der Waals surface area contributed by atoms with E-state index in [0.29, 0.717) is 38.7 Å². The predicted octanol–water partition coefficient (Wildman–Crippen LogP) is 5.65. The summed E-state index contributed by atoms with van der Waals surface area (Å²) in [5, 5.41) is 2.03. The molecule has 0 aliphatic rings. The molecule has 6 nitrogen and oxygen atoms in total. The standard InChI is InChI=1S/C25H33NO5Si/c1-4-29-32(30-5-2,31-6-3)18-12-11-17-25(27)28-19-22-20-13-7-9-15-23(20)26-24-16-10-8-14-21(22)24/h7-10,13-16H,4-6,11-12,17-19H2,1-3H3. The van der Waals surface area contributed by atoms with Crippen molar-refractivity contribution in [3.8, 4) is 0 Å². The molecule has 0 fully saturated rings. The molecular weight excluding hydrogens is 422 g/mol. The van der Waals surface area contributed by atoms with Crippen LogP contribution < -0.4 is 0 Å². The van der Waals surface area contributed by atoms with E-state index >= 15 is 0 Å². The van der Waals surface area contributed by atoms with E-state index in [1.807, 2.05) is 69.3 Å². The molecule has 0 aliphatic heterocycles.